The summed E-state index contributed by atoms with van der Waals surface area (Å²) in [5.41, 5.74) is 6.06. The molecule has 1 aliphatic rings. The molecule has 5 nitrogen and oxygen atoms in total. The van der Waals surface area contributed by atoms with Gasteiger partial charge in [0.15, 0.2) is 0 Å². The third-order valence-corrected chi connectivity index (χ3v) is 3.33. The molecule has 1 aromatic heterocycles. The molecule has 1 aromatic rings. The molecule has 2 rings (SSSR count). The van der Waals surface area contributed by atoms with Gasteiger partial charge in [-0.25, -0.2) is 0 Å². The number of hydrogen-bond donors (Lipinski definition) is 1. The lowest BCUT2D eigenvalue weighted by Crippen LogP contribution is -2.25. The van der Waals surface area contributed by atoms with Gasteiger partial charge in [-0.05, 0) is 31.6 Å². The van der Waals surface area contributed by atoms with Crippen molar-refractivity contribution in [3.05, 3.63) is 11.7 Å². The molecule has 2 unspecified atom stereocenters. The highest BCUT2D eigenvalue weighted by Crippen LogP contribution is 2.33. The molecule has 1 heterocycles. The van der Waals surface area contributed by atoms with Crippen molar-refractivity contribution in [2.24, 2.45) is 17.6 Å². The second-order valence-corrected chi connectivity index (χ2v) is 5.37. The summed E-state index contributed by atoms with van der Waals surface area (Å²) >= 11 is 0. The number of ether oxygens (including phenoxy) is 1. The summed E-state index contributed by atoms with van der Waals surface area (Å²) in [4.78, 5) is 4.42. The number of nitrogens with two attached hydrogens (primary N) is 1. The smallest absolute Gasteiger partial charge is 0.228 e. The van der Waals surface area contributed by atoms with E-state index in [9.17, 15) is 0 Å². The molecule has 0 bridgehead atoms. The van der Waals surface area contributed by atoms with Gasteiger partial charge in [0.05, 0.1) is 0 Å². The van der Waals surface area contributed by atoms with Crippen molar-refractivity contribution >= 4 is 0 Å². The molecule has 1 fully saturated rings. The first-order valence-corrected chi connectivity index (χ1v) is 6.81. The fourth-order valence-corrected chi connectivity index (χ4v) is 2.10. The van der Waals surface area contributed by atoms with Crippen LogP contribution in [-0.2, 0) is 11.2 Å². The third-order valence-electron chi connectivity index (χ3n) is 3.33. The van der Waals surface area contributed by atoms with E-state index in [0.717, 1.165) is 0 Å². The molecule has 0 spiro atoms. The van der Waals surface area contributed by atoms with Gasteiger partial charge in [-0.2, -0.15) is 4.98 Å². The molecule has 2 atom stereocenters. The maximum Gasteiger partial charge on any atom is 0.228 e. The Bertz CT molecular complexity index is 374. The van der Waals surface area contributed by atoms with E-state index < -0.39 is 0 Å². The molecule has 0 saturated heterocycles. The minimum absolute atomic E-state index is 0.0929. The first-order valence-electron chi connectivity index (χ1n) is 6.81. The highest BCUT2D eigenvalue weighted by Gasteiger charge is 2.30. The molecule has 102 valence electrons. The van der Waals surface area contributed by atoms with Crippen LogP contribution in [-0.4, -0.2) is 22.8 Å². The van der Waals surface area contributed by atoms with Crippen LogP contribution in [0.3, 0.4) is 0 Å². The maximum absolute atomic E-state index is 6.06. The van der Waals surface area contributed by atoms with E-state index in [4.69, 9.17) is 15.0 Å². The Morgan fingerprint density at radius 2 is 2.17 bits per heavy atom. The molecule has 5 heteroatoms. The van der Waals surface area contributed by atoms with Crippen LogP contribution in [0.25, 0.3) is 0 Å². The summed E-state index contributed by atoms with van der Waals surface area (Å²) in [5, 5.41) is 4.02. The van der Waals surface area contributed by atoms with E-state index in [1.54, 1.807) is 0 Å². The predicted molar refractivity (Wildman–Crippen MR) is 67.9 cm³/mol. The molecule has 2 N–H and O–H groups in total. The van der Waals surface area contributed by atoms with Gasteiger partial charge in [-0.15, -0.1) is 0 Å². The molecule has 1 aliphatic carbocycles. The van der Waals surface area contributed by atoms with Crippen LogP contribution in [0.4, 0.5) is 0 Å². The number of rotatable bonds is 7. The van der Waals surface area contributed by atoms with Gasteiger partial charge in [0.25, 0.3) is 0 Å². The van der Waals surface area contributed by atoms with Crippen LogP contribution in [0.5, 0.6) is 0 Å². The number of aromatic nitrogens is 2. The second-order valence-electron chi connectivity index (χ2n) is 5.37. The van der Waals surface area contributed by atoms with Crippen LogP contribution in [0.1, 0.15) is 51.4 Å². The Labute approximate surface area is 108 Å². The largest absolute Gasteiger partial charge is 0.370 e. The minimum atomic E-state index is -0.0929. The van der Waals surface area contributed by atoms with E-state index in [1.165, 1.54) is 12.8 Å². The second kappa shape index (κ2) is 5.80. The van der Waals surface area contributed by atoms with E-state index in [1.807, 2.05) is 6.92 Å². The summed E-state index contributed by atoms with van der Waals surface area (Å²) in [7, 11) is 0. The zero-order valence-electron chi connectivity index (χ0n) is 11.4. The van der Waals surface area contributed by atoms with Gasteiger partial charge in [-0.1, -0.05) is 19.0 Å². The molecule has 0 aliphatic heterocycles. The fourth-order valence-electron chi connectivity index (χ4n) is 2.10. The van der Waals surface area contributed by atoms with Gasteiger partial charge >= 0.3 is 0 Å². The standard InChI is InChI=1S/C13H23N3O2/c1-4-17-12(8(2)3)13-15-11(18-16-13)7-10(14)9-5-6-9/h8-10,12H,4-7,14H2,1-3H3. The topological polar surface area (TPSA) is 74.2 Å². The third kappa shape index (κ3) is 3.29. The number of nitrogens with zero attached hydrogens (tertiary/aromatic N) is 2. The normalized spacial score (nSPS) is 19.2. The molecule has 18 heavy (non-hydrogen) atoms. The van der Waals surface area contributed by atoms with Crippen molar-refractivity contribution in [1.29, 1.82) is 0 Å². The highest BCUT2D eigenvalue weighted by molar-refractivity contribution is 4.96. The summed E-state index contributed by atoms with van der Waals surface area (Å²) in [6, 6.07) is 0.155. The van der Waals surface area contributed by atoms with Crippen molar-refractivity contribution in [1.82, 2.24) is 10.1 Å². The monoisotopic (exact) mass is 253 g/mol. The lowest BCUT2D eigenvalue weighted by Gasteiger charge is -2.16. The molecule has 1 saturated carbocycles. The van der Waals surface area contributed by atoms with Gasteiger partial charge in [0.2, 0.25) is 11.7 Å². The van der Waals surface area contributed by atoms with E-state index in [2.05, 4.69) is 24.0 Å². The lowest BCUT2D eigenvalue weighted by molar-refractivity contribution is 0.0217. The van der Waals surface area contributed by atoms with Crippen LogP contribution in [0.2, 0.25) is 0 Å². The highest BCUT2D eigenvalue weighted by atomic mass is 16.5. The molecule has 0 amide bonds. The zero-order chi connectivity index (χ0) is 13.1. The van der Waals surface area contributed by atoms with Crippen molar-refractivity contribution in [2.45, 2.75) is 52.2 Å². The van der Waals surface area contributed by atoms with Crippen LogP contribution in [0.15, 0.2) is 4.52 Å². The van der Waals surface area contributed by atoms with Gasteiger partial charge < -0.3 is 15.0 Å². The van der Waals surface area contributed by atoms with Gasteiger partial charge in [-0.3, -0.25) is 0 Å². The first-order chi connectivity index (χ1) is 8.61. The SMILES string of the molecule is CCOC(c1noc(CC(N)C2CC2)n1)C(C)C. The Morgan fingerprint density at radius 3 is 2.72 bits per heavy atom. The predicted octanol–water partition coefficient (Wildman–Crippen LogP) is 2.08. The van der Waals surface area contributed by atoms with Gasteiger partial charge in [0, 0.05) is 19.1 Å². The lowest BCUT2D eigenvalue weighted by atomic mass is 10.1. The van der Waals surface area contributed by atoms with Gasteiger partial charge in [0.1, 0.15) is 6.10 Å². The average molecular weight is 253 g/mol. The fraction of sp³-hybridized carbons (Fsp3) is 0.846. The van der Waals surface area contributed by atoms with Crippen molar-refractivity contribution in [3.8, 4) is 0 Å². The minimum Gasteiger partial charge on any atom is -0.370 e. The Morgan fingerprint density at radius 1 is 1.44 bits per heavy atom. The summed E-state index contributed by atoms with van der Waals surface area (Å²) in [5.74, 6) is 2.25. The van der Waals surface area contributed by atoms with Crippen LogP contribution >= 0.6 is 0 Å². The maximum atomic E-state index is 6.06. The molecular weight excluding hydrogens is 230 g/mol. The Hall–Kier alpha value is -0.940. The number of hydrogen-bond acceptors (Lipinski definition) is 5. The van der Waals surface area contributed by atoms with E-state index in [0.29, 0.717) is 36.6 Å². The first kappa shape index (κ1) is 13.5. The molecule has 0 radical (unpaired) electrons. The zero-order valence-corrected chi connectivity index (χ0v) is 11.4. The van der Waals surface area contributed by atoms with Crippen molar-refractivity contribution in [3.63, 3.8) is 0 Å². The average Bonchev–Trinajstić information content (AvgIpc) is 3.08. The van der Waals surface area contributed by atoms with E-state index in [-0.39, 0.29) is 12.1 Å². The van der Waals surface area contributed by atoms with Crippen LogP contribution < -0.4 is 5.73 Å². The Balaban J connectivity index is 1.98. The summed E-state index contributed by atoms with van der Waals surface area (Å²) in [6.45, 7) is 6.80. The quantitative estimate of drug-likeness (QED) is 0.805. The summed E-state index contributed by atoms with van der Waals surface area (Å²) in [6.07, 6.45) is 3.05. The molecular formula is C13H23N3O2. The molecule has 0 aromatic carbocycles. The Kier molecular flexibility index (Phi) is 4.35. The van der Waals surface area contributed by atoms with Crippen molar-refractivity contribution < 1.29 is 9.26 Å². The van der Waals surface area contributed by atoms with E-state index >= 15 is 0 Å². The summed E-state index contributed by atoms with van der Waals surface area (Å²) < 4.78 is 10.9. The van der Waals surface area contributed by atoms with Crippen molar-refractivity contribution in [2.75, 3.05) is 6.61 Å². The van der Waals surface area contributed by atoms with Crippen LogP contribution in [0, 0.1) is 11.8 Å².